The Balaban J connectivity index is 1.63. The van der Waals surface area contributed by atoms with Crippen molar-refractivity contribution in [3.8, 4) is 11.5 Å². The highest BCUT2D eigenvalue weighted by Crippen LogP contribution is 2.31. The number of amides is 5. The number of urea groups is 1. The average molecular weight is 603 g/mol. The topological polar surface area (TPSA) is 246 Å². The number of nitrogens with zero attached hydrogens (tertiary/aromatic N) is 2. The SMILES string of the molecule is CCN1CCN(C(=O)N[C@H](C(=O)N[C@H]2Cc3cccc(C(=O)O)c3OB2O)c2ccc(S(N)(=O)=O)c(O)c2)C(=O)C1=O. The number of para-hydroxylation sites is 1. The van der Waals surface area contributed by atoms with E-state index in [9.17, 15) is 47.6 Å². The summed E-state index contributed by atoms with van der Waals surface area (Å²) in [6.45, 7) is 1.78. The van der Waals surface area contributed by atoms with E-state index < -0.39 is 69.5 Å². The van der Waals surface area contributed by atoms with E-state index in [-0.39, 0.29) is 42.9 Å². The first kappa shape index (κ1) is 30.3. The molecular formula is C24H26BN5O11S. The quantitative estimate of drug-likeness (QED) is 0.154. The van der Waals surface area contributed by atoms with Gasteiger partial charge in [0.2, 0.25) is 15.9 Å². The number of carboxylic acid groups (broad SMARTS) is 1. The van der Waals surface area contributed by atoms with Crippen molar-refractivity contribution in [3.05, 3.63) is 53.1 Å². The highest BCUT2D eigenvalue weighted by molar-refractivity contribution is 7.89. The van der Waals surface area contributed by atoms with Gasteiger partial charge < -0.3 is 35.4 Å². The van der Waals surface area contributed by atoms with E-state index in [1.54, 1.807) is 6.92 Å². The number of carboxylic acids is 1. The molecule has 2 aromatic carbocycles. The standard InChI is InChI=1S/C24H26BN5O11S/c1-2-29-8-9-30(22(34)21(29)33)24(37)28-18(12-6-7-16(15(31)10-12)42(26,39)40)20(32)27-17-11-13-4-3-5-14(23(35)36)19(13)41-25(17)38/h3-7,10,17-18,31,38H,2,8-9,11H2,1H3,(H,27,32)(H,28,37)(H,35,36)(H2,26,39,40)/t17-,18-/m0/s1. The minimum Gasteiger partial charge on any atom is -0.534 e. The van der Waals surface area contributed by atoms with Crippen molar-refractivity contribution in [2.75, 3.05) is 19.6 Å². The Morgan fingerprint density at radius 3 is 2.50 bits per heavy atom. The first-order valence-corrected chi connectivity index (χ1v) is 14.0. The molecule has 0 unspecified atom stereocenters. The number of aromatic hydroxyl groups is 1. The lowest BCUT2D eigenvalue weighted by Gasteiger charge is -2.33. The van der Waals surface area contributed by atoms with Crippen molar-refractivity contribution < 1.29 is 52.3 Å². The van der Waals surface area contributed by atoms with E-state index >= 15 is 0 Å². The molecule has 42 heavy (non-hydrogen) atoms. The molecule has 16 nitrogen and oxygen atoms in total. The normalized spacial score (nSPS) is 17.7. The summed E-state index contributed by atoms with van der Waals surface area (Å²) in [5, 5.41) is 40.1. The molecule has 0 spiro atoms. The van der Waals surface area contributed by atoms with E-state index in [1.165, 1.54) is 23.1 Å². The average Bonchev–Trinajstić information content (AvgIpc) is 2.92. The second-order valence-corrected chi connectivity index (χ2v) is 11.0. The lowest BCUT2D eigenvalue weighted by Crippen LogP contribution is -2.60. The number of carbonyl (C=O) groups is 5. The van der Waals surface area contributed by atoms with Gasteiger partial charge in [-0.1, -0.05) is 18.2 Å². The predicted octanol–water partition coefficient (Wildman–Crippen LogP) is -1.68. The smallest absolute Gasteiger partial charge is 0.534 e. The number of benzene rings is 2. The number of imide groups is 1. The Morgan fingerprint density at radius 1 is 1.17 bits per heavy atom. The molecule has 7 N–H and O–H groups in total. The number of sulfonamides is 1. The fourth-order valence-electron chi connectivity index (χ4n) is 4.61. The van der Waals surface area contributed by atoms with Gasteiger partial charge in [-0.15, -0.1) is 0 Å². The van der Waals surface area contributed by atoms with Gasteiger partial charge in [-0.25, -0.2) is 23.1 Å². The molecule has 0 aliphatic carbocycles. The molecule has 0 bridgehead atoms. The second-order valence-electron chi connectivity index (χ2n) is 9.42. The van der Waals surface area contributed by atoms with Crippen molar-refractivity contribution in [2.24, 2.45) is 5.14 Å². The number of hydrogen-bond donors (Lipinski definition) is 6. The first-order chi connectivity index (χ1) is 19.7. The Kier molecular flexibility index (Phi) is 8.42. The summed E-state index contributed by atoms with van der Waals surface area (Å²) in [6, 6.07) is 4.32. The Labute approximate surface area is 239 Å². The Morgan fingerprint density at radius 2 is 1.88 bits per heavy atom. The van der Waals surface area contributed by atoms with Crippen LogP contribution in [0.2, 0.25) is 0 Å². The van der Waals surface area contributed by atoms with Crippen LogP contribution in [0.3, 0.4) is 0 Å². The predicted molar refractivity (Wildman–Crippen MR) is 142 cm³/mol. The lowest BCUT2D eigenvalue weighted by atomic mass is 9.72. The first-order valence-electron chi connectivity index (χ1n) is 12.5. The molecule has 5 amide bonds. The van der Waals surface area contributed by atoms with Crippen LogP contribution in [0.5, 0.6) is 11.5 Å². The number of nitrogens with one attached hydrogen (secondary N) is 2. The fourth-order valence-corrected chi connectivity index (χ4v) is 5.22. The number of aromatic carboxylic acids is 1. The summed E-state index contributed by atoms with van der Waals surface area (Å²) in [5.41, 5.74) is 0.0184. The number of piperazine rings is 1. The van der Waals surface area contributed by atoms with Crippen LogP contribution in [0.15, 0.2) is 41.3 Å². The zero-order valence-corrected chi connectivity index (χ0v) is 22.8. The molecule has 18 heteroatoms. The van der Waals surface area contributed by atoms with Gasteiger partial charge in [0, 0.05) is 19.6 Å². The summed E-state index contributed by atoms with van der Waals surface area (Å²) in [4.78, 5) is 64.2. The van der Waals surface area contributed by atoms with Gasteiger partial charge in [0.15, 0.2) is 0 Å². The van der Waals surface area contributed by atoms with Crippen LogP contribution in [0.1, 0.15) is 34.5 Å². The number of hydrogen-bond acceptors (Lipinski definition) is 10. The van der Waals surface area contributed by atoms with Gasteiger partial charge in [0.1, 0.15) is 22.4 Å². The maximum atomic E-state index is 13.5. The third-order valence-corrected chi connectivity index (χ3v) is 7.72. The van der Waals surface area contributed by atoms with Crippen LogP contribution in [-0.2, 0) is 30.8 Å². The van der Waals surface area contributed by atoms with Crippen LogP contribution in [0.25, 0.3) is 0 Å². The number of carbonyl (C=O) groups excluding carboxylic acids is 4. The third-order valence-electron chi connectivity index (χ3n) is 6.77. The van der Waals surface area contributed by atoms with Gasteiger partial charge in [-0.2, -0.15) is 0 Å². The lowest BCUT2D eigenvalue weighted by molar-refractivity contribution is -0.153. The van der Waals surface area contributed by atoms with Crippen LogP contribution >= 0.6 is 0 Å². The van der Waals surface area contributed by atoms with Crippen LogP contribution in [0.4, 0.5) is 4.79 Å². The third kappa shape index (κ3) is 5.99. The molecule has 0 saturated carbocycles. The Bertz CT molecular complexity index is 1580. The molecule has 0 aromatic heterocycles. The van der Waals surface area contributed by atoms with Crippen molar-refractivity contribution >= 4 is 46.9 Å². The van der Waals surface area contributed by atoms with Gasteiger partial charge in [-0.05, 0) is 42.7 Å². The molecule has 0 radical (unpaired) electrons. The summed E-state index contributed by atoms with van der Waals surface area (Å²) in [5.74, 6) is -6.39. The minimum absolute atomic E-state index is 0.0541. The van der Waals surface area contributed by atoms with E-state index in [0.29, 0.717) is 10.5 Å². The van der Waals surface area contributed by atoms with Crippen LogP contribution < -0.4 is 20.4 Å². The van der Waals surface area contributed by atoms with E-state index in [1.807, 2.05) is 0 Å². The summed E-state index contributed by atoms with van der Waals surface area (Å²) < 4.78 is 28.9. The fraction of sp³-hybridized carbons (Fsp3) is 0.292. The maximum Gasteiger partial charge on any atom is 0.547 e. The highest BCUT2D eigenvalue weighted by atomic mass is 32.2. The zero-order valence-electron chi connectivity index (χ0n) is 22.0. The number of phenols is 1. The van der Waals surface area contributed by atoms with Crippen LogP contribution in [0, 0.1) is 0 Å². The second kappa shape index (κ2) is 11.7. The van der Waals surface area contributed by atoms with Gasteiger partial charge in [-0.3, -0.25) is 19.3 Å². The number of primary sulfonamides is 1. The molecular weight excluding hydrogens is 577 g/mol. The van der Waals surface area contributed by atoms with Crippen molar-refractivity contribution in [1.82, 2.24) is 20.4 Å². The zero-order chi connectivity index (χ0) is 30.9. The number of phenolic OH excluding ortho intramolecular Hbond substituents is 1. The van der Waals surface area contributed by atoms with Crippen molar-refractivity contribution in [2.45, 2.75) is 30.2 Å². The molecule has 2 aliphatic rings. The van der Waals surface area contributed by atoms with E-state index in [0.717, 1.165) is 18.2 Å². The van der Waals surface area contributed by atoms with Crippen molar-refractivity contribution in [3.63, 3.8) is 0 Å². The molecule has 222 valence electrons. The minimum atomic E-state index is -4.35. The summed E-state index contributed by atoms with van der Waals surface area (Å²) >= 11 is 0. The number of fused-ring (bicyclic) bond motifs is 1. The van der Waals surface area contributed by atoms with Gasteiger partial charge in [0.05, 0.1) is 11.5 Å². The molecule has 4 rings (SSSR count). The maximum absolute atomic E-state index is 13.5. The number of likely N-dealkylation sites (N-methyl/N-ethyl adjacent to an activating group) is 1. The van der Waals surface area contributed by atoms with Gasteiger partial charge >= 0.3 is 30.9 Å². The molecule has 2 atom stereocenters. The highest BCUT2D eigenvalue weighted by Gasteiger charge is 2.41. The Hall–Kier alpha value is -4.68. The van der Waals surface area contributed by atoms with E-state index in [2.05, 4.69) is 10.6 Å². The van der Waals surface area contributed by atoms with E-state index in [4.69, 9.17) is 9.79 Å². The van der Waals surface area contributed by atoms with Gasteiger partial charge in [0.25, 0.3) is 0 Å². The molecule has 2 heterocycles. The molecule has 2 aliphatic heterocycles. The van der Waals surface area contributed by atoms with Crippen molar-refractivity contribution in [1.29, 1.82) is 0 Å². The summed E-state index contributed by atoms with van der Waals surface area (Å²) in [6.07, 6.45) is -0.0778. The largest absolute Gasteiger partial charge is 0.547 e. The number of rotatable bonds is 7. The molecule has 2 aromatic rings. The molecule has 1 fully saturated rings. The van der Waals surface area contributed by atoms with Crippen LogP contribution in [-0.4, -0.2) is 95.9 Å². The summed E-state index contributed by atoms with van der Waals surface area (Å²) in [7, 11) is -6.06. The monoisotopic (exact) mass is 603 g/mol. The number of nitrogens with two attached hydrogens (primary N) is 1. The molecule has 1 saturated heterocycles.